The maximum Gasteiger partial charge on any atom is 0.307 e. The second-order valence-corrected chi connectivity index (χ2v) is 6.96. The number of hydrogen-bond acceptors (Lipinski definition) is 4. The number of carboxylic acids is 1. The summed E-state index contributed by atoms with van der Waals surface area (Å²) in [6.45, 7) is 1.33. The van der Waals surface area contributed by atoms with Gasteiger partial charge in [-0.1, -0.05) is 36.4 Å². The van der Waals surface area contributed by atoms with Crippen molar-refractivity contribution in [2.24, 2.45) is 5.92 Å². The molecule has 1 aliphatic rings. The first-order valence-corrected chi connectivity index (χ1v) is 8.84. The number of benzene rings is 1. The fourth-order valence-electron chi connectivity index (χ4n) is 3.01. The summed E-state index contributed by atoms with van der Waals surface area (Å²) in [5, 5.41) is 14.1. The minimum atomic E-state index is -0.779. The van der Waals surface area contributed by atoms with E-state index >= 15 is 0 Å². The van der Waals surface area contributed by atoms with Gasteiger partial charge in [0.1, 0.15) is 0 Å². The Morgan fingerprint density at radius 3 is 2.67 bits per heavy atom. The van der Waals surface area contributed by atoms with Crippen LogP contribution in [0, 0.1) is 5.92 Å². The van der Waals surface area contributed by atoms with Crippen molar-refractivity contribution in [3.05, 3.63) is 58.3 Å². The first kappa shape index (κ1) is 16.7. The van der Waals surface area contributed by atoms with Gasteiger partial charge in [0, 0.05) is 11.4 Å². The van der Waals surface area contributed by atoms with E-state index in [0.717, 1.165) is 10.4 Å². The lowest BCUT2D eigenvalue weighted by Gasteiger charge is -2.21. The van der Waals surface area contributed by atoms with Crippen LogP contribution in [-0.2, 0) is 9.59 Å². The van der Waals surface area contributed by atoms with Gasteiger partial charge in [0.2, 0.25) is 5.91 Å². The summed E-state index contributed by atoms with van der Waals surface area (Å²) >= 11 is 1.61. The molecule has 0 radical (unpaired) electrons. The number of thiophene rings is 1. The van der Waals surface area contributed by atoms with E-state index in [2.05, 4.69) is 5.32 Å². The molecule has 1 aromatic carbocycles. The highest BCUT2D eigenvalue weighted by molar-refractivity contribution is 7.10. The van der Waals surface area contributed by atoms with Crippen LogP contribution in [0.5, 0.6) is 0 Å². The molecular formula is C18H20N2O3S. The number of carboxylic acid groups (broad SMARTS) is 1. The number of aliphatic carboxylic acids is 1. The summed E-state index contributed by atoms with van der Waals surface area (Å²) in [5.41, 5.74) is 1.04. The molecule has 2 atom stereocenters. The predicted molar refractivity (Wildman–Crippen MR) is 92.9 cm³/mol. The minimum absolute atomic E-state index is 0.0803. The van der Waals surface area contributed by atoms with Gasteiger partial charge in [-0.2, -0.15) is 0 Å². The lowest BCUT2D eigenvalue weighted by atomic mass is 10.1. The van der Waals surface area contributed by atoms with Crippen LogP contribution >= 0.6 is 11.3 Å². The van der Waals surface area contributed by atoms with E-state index in [4.69, 9.17) is 5.11 Å². The highest BCUT2D eigenvalue weighted by Gasteiger charge is 2.29. The van der Waals surface area contributed by atoms with E-state index in [9.17, 15) is 9.59 Å². The Kier molecular flexibility index (Phi) is 5.27. The lowest BCUT2D eigenvalue weighted by Crippen LogP contribution is -2.38. The Labute approximate surface area is 144 Å². The van der Waals surface area contributed by atoms with Crippen LogP contribution in [0.15, 0.2) is 47.8 Å². The number of hydrogen-bond donors (Lipinski definition) is 2. The Bertz CT molecular complexity index is 688. The number of nitrogens with zero attached hydrogens (tertiary/aromatic N) is 1. The van der Waals surface area contributed by atoms with Crippen LogP contribution in [-0.4, -0.2) is 41.5 Å². The first-order chi connectivity index (χ1) is 11.6. The Morgan fingerprint density at radius 1 is 1.25 bits per heavy atom. The molecule has 0 spiro atoms. The third-order valence-corrected chi connectivity index (χ3v) is 5.19. The topological polar surface area (TPSA) is 69.6 Å². The molecule has 1 fully saturated rings. The molecule has 2 heterocycles. The van der Waals surface area contributed by atoms with Crippen molar-refractivity contribution in [1.82, 2.24) is 10.2 Å². The van der Waals surface area contributed by atoms with Crippen LogP contribution < -0.4 is 5.32 Å². The van der Waals surface area contributed by atoms with Gasteiger partial charge < -0.3 is 10.4 Å². The van der Waals surface area contributed by atoms with E-state index in [0.29, 0.717) is 19.5 Å². The summed E-state index contributed by atoms with van der Waals surface area (Å²) in [6, 6.07) is 13.7. The maximum absolute atomic E-state index is 12.5. The maximum atomic E-state index is 12.5. The molecular weight excluding hydrogens is 324 g/mol. The van der Waals surface area contributed by atoms with E-state index in [-0.39, 0.29) is 24.4 Å². The van der Waals surface area contributed by atoms with Gasteiger partial charge in [-0.25, -0.2) is 0 Å². The van der Waals surface area contributed by atoms with Crippen LogP contribution in [0.3, 0.4) is 0 Å². The fraction of sp³-hybridized carbons (Fsp3) is 0.333. The summed E-state index contributed by atoms with van der Waals surface area (Å²) in [6.07, 6.45) is 0.607. The number of amides is 1. The van der Waals surface area contributed by atoms with Crippen molar-refractivity contribution in [3.8, 4) is 0 Å². The zero-order valence-corrected chi connectivity index (χ0v) is 14.0. The van der Waals surface area contributed by atoms with Crippen LogP contribution in [0.25, 0.3) is 0 Å². The van der Waals surface area contributed by atoms with Crippen molar-refractivity contribution in [3.63, 3.8) is 0 Å². The summed E-state index contributed by atoms with van der Waals surface area (Å²) < 4.78 is 0. The predicted octanol–water partition coefficient (Wildman–Crippen LogP) is 2.36. The third-order valence-electron chi connectivity index (χ3n) is 4.25. The SMILES string of the molecule is O=C(CN1CCC(C(=O)O)C1)NC(c1ccccc1)c1cccs1. The molecule has 2 N–H and O–H groups in total. The Balaban J connectivity index is 1.65. The van der Waals surface area contributed by atoms with E-state index in [1.54, 1.807) is 11.3 Å². The molecule has 126 valence electrons. The van der Waals surface area contributed by atoms with Crippen LogP contribution in [0.1, 0.15) is 22.9 Å². The largest absolute Gasteiger partial charge is 0.481 e. The number of rotatable bonds is 6. The molecule has 1 amide bonds. The van der Waals surface area contributed by atoms with E-state index < -0.39 is 5.97 Å². The smallest absolute Gasteiger partial charge is 0.307 e. The first-order valence-electron chi connectivity index (χ1n) is 7.96. The number of nitrogens with one attached hydrogen (secondary N) is 1. The van der Waals surface area contributed by atoms with Gasteiger partial charge >= 0.3 is 5.97 Å². The van der Waals surface area contributed by atoms with Crippen molar-refractivity contribution >= 4 is 23.2 Å². The highest BCUT2D eigenvalue weighted by Crippen LogP contribution is 2.26. The standard InChI is InChI=1S/C18H20N2O3S/c21-16(12-20-9-8-14(11-20)18(22)23)19-17(15-7-4-10-24-15)13-5-2-1-3-6-13/h1-7,10,14,17H,8-9,11-12H2,(H,19,21)(H,22,23). The monoisotopic (exact) mass is 344 g/mol. The van der Waals surface area contributed by atoms with Crippen molar-refractivity contribution in [2.75, 3.05) is 19.6 Å². The van der Waals surface area contributed by atoms with Crippen molar-refractivity contribution in [2.45, 2.75) is 12.5 Å². The number of likely N-dealkylation sites (tertiary alicyclic amines) is 1. The van der Waals surface area contributed by atoms with Gasteiger partial charge in [-0.05, 0) is 30.0 Å². The minimum Gasteiger partial charge on any atom is -0.481 e. The van der Waals surface area contributed by atoms with Crippen LogP contribution in [0.2, 0.25) is 0 Å². The second kappa shape index (κ2) is 7.59. The van der Waals surface area contributed by atoms with Gasteiger partial charge in [0.25, 0.3) is 0 Å². The molecule has 2 unspecified atom stereocenters. The third kappa shape index (κ3) is 4.01. The second-order valence-electron chi connectivity index (χ2n) is 5.99. The number of carbonyl (C=O) groups excluding carboxylic acids is 1. The summed E-state index contributed by atoms with van der Waals surface area (Å²) in [5.74, 6) is -1.22. The molecule has 0 saturated carbocycles. The molecule has 2 aromatic rings. The molecule has 1 aromatic heterocycles. The lowest BCUT2D eigenvalue weighted by molar-refractivity contribution is -0.141. The van der Waals surface area contributed by atoms with Gasteiger partial charge in [-0.15, -0.1) is 11.3 Å². The molecule has 3 rings (SSSR count). The Morgan fingerprint density at radius 2 is 2.04 bits per heavy atom. The molecule has 5 nitrogen and oxygen atoms in total. The molecule has 6 heteroatoms. The number of carbonyl (C=O) groups is 2. The quantitative estimate of drug-likeness (QED) is 0.844. The molecule has 1 saturated heterocycles. The van der Waals surface area contributed by atoms with Crippen LogP contribution in [0.4, 0.5) is 0 Å². The van der Waals surface area contributed by atoms with E-state index in [1.807, 2.05) is 52.7 Å². The van der Waals surface area contributed by atoms with E-state index in [1.165, 1.54) is 0 Å². The van der Waals surface area contributed by atoms with Gasteiger partial charge in [0.15, 0.2) is 0 Å². The van der Waals surface area contributed by atoms with Gasteiger partial charge in [0.05, 0.1) is 18.5 Å². The average Bonchev–Trinajstić information content (AvgIpc) is 3.25. The van der Waals surface area contributed by atoms with Crippen molar-refractivity contribution < 1.29 is 14.7 Å². The molecule has 1 aliphatic heterocycles. The fourth-order valence-corrected chi connectivity index (χ4v) is 3.81. The average molecular weight is 344 g/mol. The molecule has 24 heavy (non-hydrogen) atoms. The summed E-state index contributed by atoms with van der Waals surface area (Å²) in [7, 11) is 0. The molecule has 0 bridgehead atoms. The highest BCUT2D eigenvalue weighted by atomic mass is 32.1. The molecule has 0 aliphatic carbocycles. The normalized spacial score (nSPS) is 19.1. The zero-order chi connectivity index (χ0) is 16.9. The van der Waals surface area contributed by atoms with Gasteiger partial charge in [-0.3, -0.25) is 14.5 Å². The zero-order valence-electron chi connectivity index (χ0n) is 13.2. The Hall–Kier alpha value is -2.18. The van der Waals surface area contributed by atoms with Crippen molar-refractivity contribution in [1.29, 1.82) is 0 Å². The summed E-state index contributed by atoms with van der Waals surface area (Å²) in [4.78, 5) is 26.5.